The average molecular weight is 219 g/mol. The number of halogens is 1. The fraction of sp³-hybridized carbons (Fsp3) is 0.778. The van der Waals surface area contributed by atoms with E-state index in [1.54, 1.807) is 11.3 Å². The number of rotatable bonds is 4. The van der Waals surface area contributed by atoms with Crippen molar-refractivity contribution < 1.29 is 0 Å². The van der Waals surface area contributed by atoms with Crippen molar-refractivity contribution in [2.24, 2.45) is 5.92 Å². The highest BCUT2D eigenvalue weighted by Crippen LogP contribution is 2.24. The second-order valence-corrected chi connectivity index (χ2v) is 5.12. The van der Waals surface area contributed by atoms with Crippen molar-refractivity contribution in [2.75, 3.05) is 0 Å². The second-order valence-electron chi connectivity index (χ2n) is 3.37. The van der Waals surface area contributed by atoms with Gasteiger partial charge in [-0.3, -0.25) is 0 Å². The standard InChI is InChI=1S/C9H15ClN2S/c1-4-6(2)5-8-11-12-9(13-8)7(3)10/h6-7H,4-5H2,1-3H3. The summed E-state index contributed by atoms with van der Waals surface area (Å²) in [6, 6.07) is 0. The highest BCUT2D eigenvalue weighted by molar-refractivity contribution is 7.11. The molecule has 0 aromatic carbocycles. The molecule has 0 fully saturated rings. The molecule has 13 heavy (non-hydrogen) atoms. The van der Waals surface area contributed by atoms with Gasteiger partial charge in [-0.15, -0.1) is 21.8 Å². The Bertz CT molecular complexity index is 260. The third-order valence-corrected chi connectivity index (χ3v) is 3.51. The van der Waals surface area contributed by atoms with Crippen LogP contribution >= 0.6 is 22.9 Å². The van der Waals surface area contributed by atoms with Gasteiger partial charge in [0.1, 0.15) is 10.0 Å². The van der Waals surface area contributed by atoms with E-state index in [9.17, 15) is 0 Å². The molecule has 0 saturated carbocycles. The van der Waals surface area contributed by atoms with Crippen molar-refractivity contribution in [3.05, 3.63) is 10.0 Å². The molecule has 0 aliphatic rings. The SMILES string of the molecule is CCC(C)Cc1nnc(C(C)Cl)s1. The lowest BCUT2D eigenvalue weighted by Gasteiger charge is -2.02. The first kappa shape index (κ1) is 10.9. The Kier molecular flexibility index (Phi) is 4.13. The topological polar surface area (TPSA) is 25.8 Å². The van der Waals surface area contributed by atoms with Crippen molar-refractivity contribution in [1.82, 2.24) is 10.2 Å². The Hall–Kier alpha value is -0.150. The Morgan fingerprint density at radius 3 is 2.54 bits per heavy atom. The number of hydrogen-bond acceptors (Lipinski definition) is 3. The summed E-state index contributed by atoms with van der Waals surface area (Å²) in [5, 5.41) is 10.2. The monoisotopic (exact) mass is 218 g/mol. The van der Waals surface area contributed by atoms with Crippen LogP contribution in [0.25, 0.3) is 0 Å². The van der Waals surface area contributed by atoms with E-state index in [2.05, 4.69) is 24.0 Å². The summed E-state index contributed by atoms with van der Waals surface area (Å²) in [7, 11) is 0. The number of aromatic nitrogens is 2. The minimum atomic E-state index is -0.0109. The van der Waals surface area contributed by atoms with Crippen LogP contribution in [0.1, 0.15) is 42.6 Å². The maximum atomic E-state index is 5.89. The van der Waals surface area contributed by atoms with Crippen LogP contribution in [0.2, 0.25) is 0 Å². The molecule has 2 nitrogen and oxygen atoms in total. The van der Waals surface area contributed by atoms with E-state index >= 15 is 0 Å². The molecule has 0 aliphatic carbocycles. The lowest BCUT2D eigenvalue weighted by atomic mass is 10.1. The minimum absolute atomic E-state index is 0.0109. The number of hydrogen-bond donors (Lipinski definition) is 0. The molecule has 2 unspecified atom stereocenters. The second kappa shape index (κ2) is 4.91. The lowest BCUT2D eigenvalue weighted by Crippen LogP contribution is -1.96. The van der Waals surface area contributed by atoms with Crippen molar-refractivity contribution in [3.63, 3.8) is 0 Å². The van der Waals surface area contributed by atoms with E-state index in [0.29, 0.717) is 5.92 Å². The lowest BCUT2D eigenvalue weighted by molar-refractivity contribution is 0.556. The Labute approximate surface area is 88.3 Å². The van der Waals surface area contributed by atoms with Gasteiger partial charge in [0.05, 0.1) is 5.38 Å². The number of alkyl halides is 1. The predicted octanol–water partition coefficient (Wildman–Crippen LogP) is 3.43. The first-order chi connectivity index (χ1) is 6.13. The summed E-state index contributed by atoms with van der Waals surface area (Å²) < 4.78 is 0. The zero-order valence-electron chi connectivity index (χ0n) is 8.25. The van der Waals surface area contributed by atoms with Gasteiger partial charge in [0, 0.05) is 6.42 Å². The van der Waals surface area contributed by atoms with Crippen molar-refractivity contribution >= 4 is 22.9 Å². The molecule has 1 aromatic heterocycles. The van der Waals surface area contributed by atoms with E-state index in [1.807, 2.05) is 6.92 Å². The van der Waals surface area contributed by atoms with Crippen LogP contribution in [0.15, 0.2) is 0 Å². The fourth-order valence-electron chi connectivity index (χ4n) is 0.952. The summed E-state index contributed by atoms with van der Waals surface area (Å²) in [6.45, 7) is 6.34. The van der Waals surface area contributed by atoms with Crippen molar-refractivity contribution in [3.8, 4) is 0 Å². The van der Waals surface area contributed by atoms with Gasteiger partial charge < -0.3 is 0 Å². The third-order valence-electron chi connectivity index (χ3n) is 2.04. The molecular weight excluding hydrogens is 204 g/mol. The molecule has 0 saturated heterocycles. The van der Waals surface area contributed by atoms with Crippen LogP contribution in [-0.4, -0.2) is 10.2 Å². The third kappa shape index (κ3) is 3.24. The molecule has 0 aliphatic heterocycles. The number of nitrogens with zero attached hydrogens (tertiary/aromatic N) is 2. The Balaban J connectivity index is 2.58. The zero-order valence-corrected chi connectivity index (χ0v) is 9.82. The fourth-order valence-corrected chi connectivity index (χ4v) is 2.06. The van der Waals surface area contributed by atoms with Gasteiger partial charge in [0.15, 0.2) is 0 Å². The van der Waals surface area contributed by atoms with Crippen LogP contribution in [0.3, 0.4) is 0 Å². The van der Waals surface area contributed by atoms with E-state index in [0.717, 1.165) is 16.4 Å². The predicted molar refractivity (Wildman–Crippen MR) is 57.3 cm³/mol. The van der Waals surface area contributed by atoms with E-state index in [1.165, 1.54) is 6.42 Å². The summed E-state index contributed by atoms with van der Waals surface area (Å²) in [5.74, 6) is 0.687. The zero-order chi connectivity index (χ0) is 9.84. The summed E-state index contributed by atoms with van der Waals surface area (Å²) in [6.07, 6.45) is 2.21. The van der Waals surface area contributed by atoms with Crippen LogP contribution in [0, 0.1) is 5.92 Å². The minimum Gasteiger partial charge on any atom is -0.143 e. The van der Waals surface area contributed by atoms with Crippen LogP contribution in [0.4, 0.5) is 0 Å². The van der Waals surface area contributed by atoms with Crippen LogP contribution < -0.4 is 0 Å². The maximum Gasteiger partial charge on any atom is 0.135 e. The summed E-state index contributed by atoms with van der Waals surface area (Å²) in [5.41, 5.74) is 0. The maximum absolute atomic E-state index is 5.89. The van der Waals surface area contributed by atoms with Crippen LogP contribution in [0.5, 0.6) is 0 Å². The molecule has 1 aromatic rings. The molecule has 74 valence electrons. The molecule has 0 spiro atoms. The van der Waals surface area contributed by atoms with Gasteiger partial charge in [-0.1, -0.05) is 31.6 Å². The molecular formula is C9H15ClN2S. The molecule has 1 rings (SSSR count). The van der Waals surface area contributed by atoms with Gasteiger partial charge in [-0.05, 0) is 12.8 Å². The van der Waals surface area contributed by atoms with Gasteiger partial charge in [-0.25, -0.2) is 0 Å². The first-order valence-electron chi connectivity index (χ1n) is 4.59. The van der Waals surface area contributed by atoms with Crippen molar-refractivity contribution in [2.45, 2.75) is 39.0 Å². The highest BCUT2D eigenvalue weighted by atomic mass is 35.5. The average Bonchev–Trinajstić information content (AvgIpc) is 2.52. The van der Waals surface area contributed by atoms with Crippen molar-refractivity contribution in [1.29, 1.82) is 0 Å². The van der Waals surface area contributed by atoms with Gasteiger partial charge in [0.2, 0.25) is 0 Å². The molecule has 2 atom stereocenters. The largest absolute Gasteiger partial charge is 0.143 e. The van der Waals surface area contributed by atoms with Gasteiger partial charge >= 0.3 is 0 Å². The molecule has 0 N–H and O–H groups in total. The quantitative estimate of drug-likeness (QED) is 0.724. The molecule has 4 heteroatoms. The molecule has 1 heterocycles. The Morgan fingerprint density at radius 1 is 1.38 bits per heavy atom. The summed E-state index contributed by atoms with van der Waals surface area (Å²) >= 11 is 7.53. The van der Waals surface area contributed by atoms with Crippen LogP contribution in [-0.2, 0) is 6.42 Å². The van der Waals surface area contributed by atoms with Gasteiger partial charge in [0.25, 0.3) is 0 Å². The molecule has 0 bridgehead atoms. The molecule has 0 radical (unpaired) electrons. The Morgan fingerprint density at radius 2 is 2.08 bits per heavy atom. The normalized spacial score (nSPS) is 15.7. The molecule has 0 amide bonds. The smallest absolute Gasteiger partial charge is 0.135 e. The summed E-state index contributed by atoms with van der Waals surface area (Å²) in [4.78, 5) is 0. The first-order valence-corrected chi connectivity index (χ1v) is 5.85. The van der Waals surface area contributed by atoms with E-state index in [4.69, 9.17) is 11.6 Å². The highest BCUT2D eigenvalue weighted by Gasteiger charge is 2.10. The van der Waals surface area contributed by atoms with E-state index in [-0.39, 0.29) is 5.38 Å². The van der Waals surface area contributed by atoms with E-state index < -0.39 is 0 Å². The van der Waals surface area contributed by atoms with Gasteiger partial charge in [-0.2, -0.15) is 0 Å².